The van der Waals surface area contributed by atoms with Crippen LogP contribution in [0.3, 0.4) is 0 Å². The minimum absolute atomic E-state index is 0.0110. The molecule has 2 atom stereocenters. The van der Waals surface area contributed by atoms with Crippen molar-refractivity contribution in [2.24, 2.45) is 17.8 Å². The van der Waals surface area contributed by atoms with E-state index in [0.717, 1.165) is 32.6 Å². The van der Waals surface area contributed by atoms with E-state index in [2.05, 4.69) is 24.5 Å². The number of nitrogens with zero attached hydrogens (tertiary/aromatic N) is 1. The van der Waals surface area contributed by atoms with E-state index >= 15 is 0 Å². The summed E-state index contributed by atoms with van der Waals surface area (Å²) in [5, 5.41) is 6.09. The zero-order valence-electron chi connectivity index (χ0n) is 11.9. The number of nitrogens with one attached hydrogen (secondary N) is 2. The maximum atomic E-state index is 12.0. The van der Waals surface area contributed by atoms with Crippen LogP contribution in [0.15, 0.2) is 0 Å². The number of likely N-dealkylation sites (tertiary alicyclic amines) is 1. The second-order valence-electron chi connectivity index (χ2n) is 6.19. The third-order valence-electron chi connectivity index (χ3n) is 4.13. The van der Waals surface area contributed by atoms with Crippen molar-refractivity contribution in [3.05, 3.63) is 0 Å². The van der Waals surface area contributed by atoms with Gasteiger partial charge in [-0.05, 0) is 24.2 Å². The summed E-state index contributed by atoms with van der Waals surface area (Å²) in [4.78, 5) is 25.5. The predicted molar refractivity (Wildman–Crippen MR) is 73.5 cm³/mol. The summed E-state index contributed by atoms with van der Waals surface area (Å²) in [5.74, 6) is 1.79. The molecular formula is C14H25N3O2. The van der Waals surface area contributed by atoms with Crippen LogP contribution in [0.2, 0.25) is 0 Å². The molecule has 5 nitrogen and oxygen atoms in total. The fourth-order valence-electron chi connectivity index (χ4n) is 2.85. The molecule has 2 aliphatic heterocycles. The Hall–Kier alpha value is -1.10. The van der Waals surface area contributed by atoms with Gasteiger partial charge in [0.2, 0.25) is 11.8 Å². The summed E-state index contributed by atoms with van der Waals surface area (Å²) in [7, 11) is 0. The Kier molecular flexibility index (Phi) is 4.80. The lowest BCUT2D eigenvalue weighted by Crippen LogP contribution is -2.40. The SMILES string of the molecule is CC(C)CCC(=O)NCC(=O)N1C[C@H]2CNC[C@H]2C1. The highest BCUT2D eigenvalue weighted by Gasteiger charge is 2.37. The fraction of sp³-hybridized carbons (Fsp3) is 0.857. The highest BCUT2D eigenvalue weighted by molar-refractivity contribution is 5.84. The zero-order valence-corrected chi connectivity index (χ0v) is 11.9. The first-order chi connectivity index (χ1) is 9.06. The van der Waals surface area contributed by atoms with Crippen molar-refractivity contribution in [2.45, 2.75) is 26.7 Å². The average molecular weight is 267 g/mol. The van der Waals surface area contributed by atoms with Gasteiger partial charge in [-0.3, -0.25) is 9.59 Å². The molecule has 2 N–H and O–H groups in total. The van der Waals surface area contributed by atoms with Crippen molar-refractivity contribution < 1.29 is 9.59 Å². The number of hydrogen-bond donors (Lipinski definition) is 2. The quantitative estimate of drug-likeness (QED) is 0.749. The fourth-order valence-corrected chi connectivity index (χ4v) is 2.85. The lowest BCUT2D eigenvalue weighted by Gasteiger charge is -2.17. The standard InChI is InChI=1S/C14H25N3O2/c1-10(2)3-4-13(18)16-7-14(19)17-8-11-5-15-6-12(11)9-17/h10-12,15H,3-9H2,1-2H3,(H,16,18)/t11-,12+. The molecule has 0 aromatic rings. The topological polar surface area (TPSA) is 61.4 Å². The predicted octanol–water partition coefficient (Wildman–Crippen LogP) is 0.217. The van der Waals surface area contributed by atoms with Crippen LogP contribution in [-0.2, 0) is 9.59 Å². The Balaban J connectivity index is 1.66. The number of amides is 2. The second kappa shape index (κ2) is 6.37. The van der Waals surface area contributed by atoms with E-state index in [-0.39, 0.29) is 18.4 Å². The number of hydrogen-bond acceptors (Lipinski definition) is 3. The summed E-state index contributed by atoms with van der Waals surface area (Å²) >= 11 is 0. The summed E-state index contributed by atoms with van der Waals surface area (Å²) < 4.78 is 0. The molecule has 2 rings (SSSR count). The van der Waals surface area contributed by atoms with Gasteiger partial charge < -0.3 is 15.5 Å². The molecular weight excluding hydrogens is 242 g/mol. The van der Waals surface area contributed by atoms with E-state index in [1.807, 2.05) is 4.90 Å². The molecule has 2 heterocycles. The lowest BCUT2D eigenvalue weighted by atomic mass is 10.0. The van der Waals surface area contributed by atoms with E-state index < -0.39 is 0 Å². The lowest BCUT2D eigenvalue weighted by molar-refractivity contribution is -0.132. The molecule has 0 aromatic heterocycles. The van der Waals surface area contributed by atoms with Crippen molar-refractivity contribution in [3.8, 4) is 0 Å². The molecule has 19 heavy (non-hydrogen) atoms. The van der Waals surface area contributed by atoms with Gasteiger partial charge in [0.05, 0.1) is 6.54 Å². The third kappa shape index (κ3) is 3.93. The van der Waals surface area contributed by atoms with Gasteiger partial charge in [0.25, 0.3) is 0 Å². The number of carbonyl (C=O) groups excluding carboxylic acids is 2. The largest absolute Gasteiger partial charge is 0.347 e. The first-order valence-corrected chi connectivity index (χ1v) is 7.31. The van der Waals surface area contributed by atoms with Crippen LogP contribution in [0.25, 0.3) is 0 Å². The second-order valence-corrected chi connectivity index (χ2v) is 6.19. The average Bonchev–Trinajstić information content (AvgIpc) is 2.93. The minimum Gasteiger partial charge on any atom is -0.347 e. The van der Waals surface area contributed by atoms with E-state index in [0.29, 0.717) is 24.2 Å². The van der Waals surface area contributed by atoms with Crippen molar-refractivity contribution in [1.82, 2.24) is 15.5 Å². The third-order valence-corrected chi connectivity index (χ3v) is 4.13. The molecule has 2 amide bonds. The highest BCUT2D eigenvalue weighted by Crippen LogP contribution is 2.25. The summed E-state index contributed by atoms with van der Waals surface area (Å²) in [5.41, 5.74) is 0. The van der Waals surface area contributed by atoms with Gasteiger partial charge >= 0.3 is 0 Å². The summed E-state index contributed by atoms with van der Waals surface area (Å²) in [6.07, 6.45) is 1.39. The molecule has 0 aliphatic carbocycles. The first-order valence-electron chi connectivity index (χ1n) is 7.31. The number of rotatable bonds is 5. The van der Waals surface area contributed by atoms with Crippen LogP contribution < -0.4 is 10.6 Å². The molecule has 2 aliphatic rings. The Bertz CT molecular complexity index is 332. The van der Waals surface area contributed by atoms with Gasteiger partial charge in [-0.2, -0.15) is 0 Å². The Morgan fingerprint density at radius 2 is 1.89 bits per heavy atom. The molecule has 2 fully saturated rings. The molecule has 0 spiro atoms. The van der Waals surface area contributed by atoms with Crippen LogP contribution in [0, 0.1) is 17.8 Å². The van der Waals surface area contributed by atoms with Crippen molar-refractivity contribution in [1.29, 1.82) is 0 Å². The maximum absolute atomic E-state index is 12.0. The smallest absolute Gasteiger partial charge is 0.241 e. The molecule has 2 saturated heterocycles. The van der Waals surface area contributed by atoms with E-state index in [9.17, 15) is 9.59 Å². The Morgan fingerprint density at radius 1 is 1.26 bits per heavy atom. The highest BCUT2D eigenvalue weighted by atomic mass is 16.2. The number of carbonyl (C=O) groups is 2. The van der Waals surface area contributed by atoms with E-state index in [4.69, 9.17) is 0 Å². The van der Waals surface area contributed by atoms with Crippen molar-refractivity contribution in [2.75, 3.05) is 32.7 Å². The van der Waals surface area contributed by atoms with Crippen LogP contribution >= 0.6 is 0 Å². The monoisotopic (exact) mass is 267 g/mol. The van der Waals surface area contributed by atoms with Gasteiger partial charge in [-0.25, -0.2) is 0 Å². The van der Waals surface area contributed by atoms with E-state index in [1.54, 1.807) is 0 Å². The van der Waals surface area contributed by atoms with Crippen molar-refractivity contribution >= 4 is 11.8 Å². The first kappa shape index (κ1) is 14.3. The molecule has 0 radical (unpaired) electrons. The van der Waals surface area contributed by atoms with Gasteiger partial charge in [0.1, 0.15) is 0 Å². The molecule has 0 bridgehead atoms. The summed E-state index contributed by atoms with van der Waals surface area (Å²) in [6.45, 7) is 8.08. The van der Waals surface area contributed by atoms with Gasteiger partial charge in [0, 0.05) is 32.6 Å². The minimum atomic E-state index is -0.0110. The molecule has 5 heteroatoms. The number of fused-ring (bicyclic) bond motifs is 1. The molecule has 0 saturated carbocycles. The van der Waals surface area contributed by atoms with E-state index in [1.165, 1.54) is 0 Å². The zero-order chi connectivity index (χ0) is 13.8. The van der Waals surface area contributed by atoms with Crippen LogP contribution in [0.4, 0.5) is 0 Å². The van der Waals surface area contributed by atoms with Gasteiger partial charge in [0.15, 0.2) is 0 Å². The Morgan fingerprint density at radius 3 is 2.47 bits per heavy atom. The van der Waals surface area contributed by atoms with Crippen LogP contribution in [0.1, 0.15) is 26.7 Å². The van der Waals surface area contributed by atoms with Gasteiger partial charge in [-0.15, -0.1) is 0 Å². The molecule has 0 aromatic carbocycles. The van der Waals surface area contributed by atoms with Crippen LogP contribution in [0.5, 0.6) is 0 Å². The van der Waals surface area contributed by atoms with Crippen molar-refractivity contribution in [3.63, 3.8) is 0 Å². The molecule has 108 valence electrons. The van der Waals surface area contributed by atoms with Crippen LogP contribution in [-0.4, -0.2) is 49.4 Å². The van der Waals surface area contributed by atoms with Gasteiger partial charge in [-0.1, -0.05) is 13.8 Å². The summed E-state index contributed by atoms with van der Waals surface area (Å²) in [6, 6.07) is 0. The molecule has 0 unspecified atom stereocenters. The Labute approximate surface area is 115 Å². The maximum Gasteiger partial charge on any atom is 0.241 e. The normalized spacial score (nSPS) is 25.7.